The third-order valence-corrected chi connectivity index (χ3v) is 30.1. The molecule has 0 aliphatic carbocycles. The second-order valence-corrected chi connectivity index (χ2v) is 37.6. The lowest BCUT2D eigenvalue weighted by molar-refractivity contribution is 1.18. The number of rotatable bonds is 9. The maximum Gasteiger partial charge on any atom is 0.137 e. The molecule has 0 saturated heterocycles. The van der Waals surface area contributed by atoms with Crippen LogP contribution in [0.25, 0.3) is 296 Å². The maximum absolute atomic E-state index is 5.23. The van der Waals surface area contributed by atoms with Gasteiger partial charge in [-0.2, -0.15) is 0 Å². The maximum atomic E-state index is 5.23. The number of pyridine rings is 5. The summed E-state index contributed by atoms with van der Waals surface area (Å²) in [7, 11) is 0. The van der Waals surface area contributed by atoms with Crippen LogP contribution < -0.4 is 0 Å². The predicted molar refractivity (Wildman–Crippen MR) is 596 cm³/mol. The molecule has 0 saturated carbocycles. The van der Waals surface area contributed by atoms with E-state index in [2.05, 4.69) is 461 Å². The van der Waals surface area contributed by atoms with Gasteiger partial charge in [-0.05, 0) is 240 Å². The van der Waals surface area contributed by atoms with Crippen LogP contribution >= 0.6 is 0 Å². The van der Waals surface area contributed by atoms with Crippen LogP contribution in [-0.2, 0) is 0 Å². The highest BCUT2D eigenvalue weighted by Crippen LogP contribution is 2.49. The van der Waals surface area contributed by atoms with Gasteiger partial charge < -0.3 is 18.1 Å². The predicted octanol–water partition coefficient (Wildman–Crippen LogP) is 34.9. The highest BCUT2D eigenvalue weighted by atomic mass is 15.0. The van der Waals surface area contributed by atoms with Gasteiger partial charge in [-0.25, -0.2) is 15.0 Å². The zero-order valence-corrected chi connectivity index (χ0v) is 76.6. The van der Waals surface area contributed by atoms with E-state index >= 15 is 0 Å². The molecule has 23 aromatic carbocycles. The Kier molecular flexibility index (Phi) is 17.4. The number of para-hydroxylation sites is 6. The van der Waals surface area contributed by atoms with Crippen molar-refractivity contribution < 1.29 is 0 Å². The van der Waals surface area contributed by atoms with E-state index in [-0.39, 0.29) is 0 Å². The van der Waals surface area contributed by atoms with Gasteiger partial charge in [0.05, 0.1) is 72.2 Å². The SMILES string of the molecule is c1cc(-c2ccc3ccc4c(-c5ccc6ccc7cccnc7c6n5)ccc5ccc2c3c54)cc(-n2c3ccccc3c3ccccc32)c1.c1ccc2c(c1)c1ccccc1n2-c1ccc(-c2ccc3ccc4c(-c5cn6ccccc6n5)ccc5ccc2c3c54)cc1.c1cnc2c(c1)ccc1ccc(-c3ccc4ccc5c(-c6ccc(-n7c8ccccc8c8ccccc87)cc6)ccc6ccc3c4c65)nc12. The van der Waals surface area contributed by atoms with E-state index in [0.717, 1.165) is 94.4 Å². The van der Waals surface area contributed by atoms with Crippen molar-refractivity contribution in [2.75, 3.05) is 0 Å². The minimum absolute atomic E-state index is 0.937. The van der Waals surface area contributed by atoms with Crippen molar-refractivity contribution in [1.82, 2.24) is 43.0 Å². The van der Waals surface area contributed by atoms with E-state index in [4.69, 9.17) is 24.9 Å². The fourth-order valence-corrected chi connectivity index (χ4v) is 23.6. The van der Waals surface area contributed by atoms with Crippen molar-refractivity contribution in [3.63, 3.8) is 0 Å². The quantitative estimate of drug-likeness (QED) is 0.134. The van der Waals surface area contributed by atoms with Gasteiger partial charge in [-0.15, -0.1) is 0 Å². The molecular weight excluding hydrogens is 1720 g/mol. The van der Waals surface area contributed by atoms with Crippen molar-refractivity contribution in [1.29, 1.82) is 0 Å². The van der Waals surface area contributed by atoms with E-state index in [1.807, 2.05) is 36.7 Å². The van der Waals surface area contributed by atoms with E-state index < -0.39 is 0 Å². The first-order chi connectivity index (χ1) is 70.4. The van der Waals surface area contributed by atoms with Crippen LogP contribution in [0.1, 0.15) is 0 Å². The monoisotopic (exact) mass is 1800 g/mol. The zero-order chi connectivity index (χ0) is 92.9. The van der Waals surface area contributed by atoms with Crippen LogP contribution in [0.2, 0.25) is 0 Å². The summed E-state index contributed by atoms with van der Waals surface area (Å²) in [6.07, 6.45) is 7.89. The molecule has 656 valence electrons. The van der Waals surface area contributed by atoms with Gasteiger partial charge in [0, 0.05) is 112 Å². The summed E-state index contributed by atoms with van der Waals surface area (Å²) in [6.45, 7) is 0. The summed E-state index contributed by atoms with van der Waals surface area (Å²) in [5, 5.41) is 34.8. The van der Waals surface area contributed by atoms with Crippen LogP contribution in [0.5, 0.6) is 0 Å². The average molecular weight is 1800 g/mol. The Balaban J connectivity index is 0.0000000998. The van der Waals surface area contributed by atoms with E-state index in [1.54, 1.807) is 0 Å². The summed E-state index contributed by atoms with van der Waals surface area (Å²) in [4.78, 5) is 24.8. The Hall–Kier alpha value is -19.1. The van der Waals surface area contributed by atoms with Crippen molar-refractivity contribution in [2.24, 2.45) is 0 Å². The molecule has 0 fully saturated rings. The van der Waals surface area contributed by atoms with Crippen molar-refractivity contribution in [2.45, 2.75) is 0 Å². The van der Waals surface area contributed by atoms with E-state index in [1.165, 1.54) is 201 Å². The molecule has 32 aromatic rings. The number of hydrogen-bond donors (Lipinski definition) is 0. The molecule has 0 spiro atoms. The van der Waals surface area contributed by atoms with Crippen LogP contribution in [0.4, 0.5) is 0 Å². The average Bonchev–Trinajstić information content (AvgIpc) is 1.28. The first-order valence-corrected chi connectivity index (χ1v) is 48.5. The third kappa shape index (κ3) is 12.2. The Labute approximate surface area is 812 Å². The van der Waals surface area contributed by atoms with Gasteiger partial charge in [-0.3, -0.25) is 9.97 Å². The van der Waals surface area contributed by atoms with Gasteiger partial charge in [0.1, 0.15) is 5.65 Å². The fraction of sp³-hybridized carbons (Fsp3) is 0. The molecule has 9 nitrogen and oxygen atoms in total. The fourth-order valence-electron chi connectivity index (χ4n) is 23.6. The number of benzene rings is 23. The summed E-state index contributed by atoms with van der Waals surface area (Å²) >= 11 is 0. The van der Waals surface area contributed by atoms with Crippen molar-refractivity contribution in [3.8, 4) is 84.2 Å². The Morgan fingerprint density at radius 2 is 0.465 bits per heavy atom. The highest BCUT2D eigenvalue weighted by Gasteiger charge is 2.25. The van der Waals surface area contributed by atoms with Gasteiger partial charge in [-0.1, -0.05) is 346 Å². The van der Waals surface area contributed by atoms with Crippen molar-refractivity contribution in [3.05, 3.63) is 480 Å². The molecule has 0 bridgehead atoms. The highest BCUT2D eigenvalue weighted by molar-refractivity contribution is 6.31. The minimum atomic E-state index is 0.937. The number of hydrogen-bond acceptors (Lipinski definition) is 5. The molecule has 9 aromatic heterocycles. The summed E-state index contributed by atoms with van der Waals surface area (Å²) in [5.74, 6) is 0. The summed E-state index contributed by atoms with van der Waals surface area (Å²) in [5.41, 5.74) is 29.2. The lowest BCUT2D eigenvalue weighted by atomic mass is 9.88. The number of aromatic nitrogens is 9. The Bertz CT molecular complexity index is 10700. The van der Waals surface area contributed by atoms with Gasteiger partial charge in [0.2, 0.25) is 0 Å². The van der Waals surface area contributed by atoms with Gasteiger partial charge in [0.15, 0.2) is 0 Å². The second kappa shape index (κ2) is 31.2. The molecular formula is C133H79N9. The minimum Gasteiger partial charge on any atom is -0.309 e. The molecule has 0 N–H and O–H groups in total. The molecule has 0 amide bonds. The van der Waals surface area contributed by atoms with Crippen LogP contribution in [0.15, 0.2) is 480 Å². The Morgan fingerprint density at radius 3 is 0.831 bits per heavy atom. The second-order valence-electron chi connectivity index (χ2n) is 37.6. The lowest BCUT2D eigenvalue weighted by Gasteiger charge is -2.17. The van der Waals surface area contributed by atoms with Crippen LogP contribution in [0.3, 0.4) is 0 Å². The van der Waals surface area contributed by atoms with Gasteiger partial charge >= 0.3 is 0 Å². The normalized spacial score (nSPS) is 12.1. The zero-order valence-electron chi connectivity index (χ0n) is 76.6. The van der Waals surface area contributed by atoms with Crippen LogP contribution in [0, 0.1) is 0 Å². The number of imidazole rings is 1. The first-order valence-electron chi connectivity index (χ1n) is 48.5. The van der Waals surface area contributed by atoms with Gasteiger partial charge in [0.25, 0.3) is 0 Å². The Morgan fingerprint density at radius 1 is 0.169 bits per heavy atom. The largest absolute Gasteiger partial charge is 0.309 e. The third-order valence-electron chi connectivity index (χ3n) is 30.1. The summed E-state index contributed by atoms with van der Waals surface area (Å²) in [6, 6.07) is 165. The summed E-state index contributed by atoms with van der Waals surface area (Å²) < 4.78 is 9.24. The molecule has 0 unspecified atom stereocenters. The standard InChI is InChI=1S/2C46H27N3.C41H25N3/c1-3-12-41-36(10-1)37-11-2-4-13-42(37)49(41)33-9-5-7-32(27-33)34-21-16-28-19-24-39-35(22-17-29-18-23-38(34)43(28)44(29)39)40-25-20-31-15-14-30-8-6-26-47-45(30)46(31)48-40;1-3-9-41-36(7-1)37-8-2-4-10-42(37)49(41)33-20-13-28(14-21-33)34-22-15-29-18-25-39-35(23-16-30-17-24-38(34)43(29)44(30)39)40-26-19-32-12-11-31-6-5-27-47-45(31)46(32)48-40;1-3-9-37-32(7-1)33-8-2-4-10-38(33)44(37)29-18-12-26(13-19-29)30-20-14-27-17-23-35-31(36-25-43-24-6-5-11-39(43)42-36)21-15-28-16-22-34(30)40(27)41(28)35/h2*1-27H;1-25H. The molecule has 9 heterocycles. The molecule has 0 aliphatic heterocycles. The number of fused-ring (bicyclic) bond motifs is 16. The van der Waals surface area contributed by atoms with E-state index in [9.17, 15) is 0 Å². The van der Waals surface area contributed by atoms with Crippen LogP contribution in [-0.4, -0.2) is 43.0 Å². The first kappa shape index (κ1) is 79.2. The van der Waals surface area contributed by atoms with Crippen molar-refractivity contribution >= 4 is 212 Å². The molecule has 9 heteroatoms. The lowest BCUT2D eigenvalue weighted by Crippen LogP contribution is -1.95. The smallest absolute Gasteiger partial charge is 0.137 e. The molecule has 142 heavy (non-hydrogen) atoms. The van der Waals surface area contributed by atoms with E-state index in [0.29, 0.717) is 0 Å². The molecule has 32 rings (SSSR count). The topological polar surface area (TPSA) is 83.6 Å². The number of nitrogens with zero attached hydrogens (tertiary/aromatic N) is 9. The molecule has 0 aliphatic rings. The molecule has 0 atom stereocenters. The molecule has 0 radical (unpaired) electrons.